The van der Waals surface area contributed by atoms with Gasteiger partial charge in [0.25, 0.3) is 0 Å². The van der Waals surface area contributed by atoms with Gasteiger partial charge in [0.1, 0.15) is 0 Å². The predicted molar refractivity (Wildman–Crippen MR) is 84.8 cm³/mol. The van der Waals surface area contributed by atoms with Gasteiger partial charge in [-0.1, -0.05) is 23.8 Å². The van der Waals surface area contributed by atoms with Crippen molar-refractivity contribution in [2.45, 2.75) is 58.5 Å². The summed E-state index contributed by atoms with van der Waals surface area (Å²) >= 11 is 0. The Hall–Kier alpha value is -0.860. The molecule has 2 nitrogen and oxygen atoms in total. The van der Waals surface area contributed by atoms with Crippen molar-refractivity contribution in [1.29, 1.82) is 0 Å². The fraction of sp³-hybridized carbons (Fsp3) is 0.667. The Kier molecular flexibility index (Phi) is 3.22. The lowest BCUT2D eigenvalue weighted by Gasteiger charge is -2.47. The zero-order chi connectivity index (χ0) is 14.5. The molecule has 0 unspecified atom stereocenters. The second-order valence-corrected chi connectivity index (χ2v) is 7.88. The first kappa shape index (κ1) is 14.1. The summed E-state index contributed by atoms with van der Waals surface area (Å²) in [7, 11) is 0. The summed E-state index contributed by atoms with van der Waals surface area (Å²) < 4.78 is 0. The average molecular weight is 272 g/mol. The number of hydrogen-bond donors (Lipinski definition) is 1. The van der Waals surface area contributed by atoms with Crippen molar-refractivity contribution >= 4 is 0 Å². The number of aryl methyl sites for hydroxylation is 1. The molecule has 1 aliphatic carbocycles. The van der Waals surface area contributed by atoms with E-state index in [1.165, 1.54) is 49.0 Å². The van der Waals surface area contributed by atoms with Crippen LogP contribution in [-0.4, -0.2) is 23.5 Å². The molecule has 1 aromatic rings. The van der Waals surface area contributed by atoms with E-state index in [-0.39, 0.29) is 11.6 Å². The van der Waals surface area contributed by atoms with Crippen LogP contribution in [0.1, 0.15) is 56.3 Å². The highest BCUT2D eigenvalue weighted by molar-refractivity contribution is 5.40. The zero-order valence-corrected chi connectivity index (χ0v) is 13.4. The van der Waals surface area contributed by atoms with Crippen LogP contribution >= 0.6 is 0 Å². The maximum atomic E-state index is 6.64. The highest BCUT2D eigenvalue weighted by Crippen LogP contribution is 2.51. The largest absolute Gasteiger partial charge is 0.323 e. The fourth-order valence-corrected chi connectivity index (χ4v) is 4.12. The Labute approximate surface area is 123 Å². The average Bonchev–Trinajstić information content (AvgIpc) is 2.61. The van der Waals surface area contributed by atoms with Crippen LogP contribution in [0, 0.1) is 12.3 Å². The second kappa shape index (κ2) is 4.57. The van der Waals surface area contributed by atoms with E-state index >= 15 is 0 Å². The Balaban J connectivity index is 1.81. The second-order valence-electron chi connectivity index (χ2n) is 7.88. The standard InChI is InChI=1S/C18H28N2/c1-13-5-6-15-14(11-13)12-18(16(15)19)7-9-20(10-8-18)17(2,3)4/h5-6,11,16H,7-10,12,19H2,1-4H3/t16-/m1/s1. The van der Waals surface area contributed by atoms with Gasteiger partial charge in [-0.2, -0.15) is 0 Å². The lowest BCUT2D eigenvalue weighted by molar-refractivity contribution is 0.0345. The lowest BCUT2D eigenvalue weighted by atomic mass is 9.72. The summed E-state index contributed by atoms with van der Waals surface area (Å²) in [4.78, 5) is 2.61. The topological polar surface area (TPSA) is 29.3 Å². The maximum absolute atomic E-state index is 6.64. The third-order valence-electron chi connectivity index (χ3n) is 5.54. The van der Waals surface area contributed by atoms with E-state index in [1.807, 2.05) is 0 Å². The molecular formula is C18H28N2. The van der Waals surface area contributed by atoms with E-state index in [1.54, 1.807) is 0 Å². The van der Waals surface area contributed by atoms with Crippen LogP contribution < -0.4 is 5.73 Å². The van der Waals surface area contributed by atoms with Crippen molar-refractivity contribution in [3.05, 3.63) is 34.9 Å². The van der Waals surface area contributed by atoms with Gasteiger partial charge in [0.2, 0.25) is 0 Å². The molecule has 2 aliphatic rings. The highest BCUT2D eigenvalue weighted by atomic mass is 15.2. The molecule has 2 heteroatoms. The lowest BCUT2D eigenvalue weighted by Crippen LogP contribution is -2.50. The molecule has 0 radical (unpaired) electrons. The number of likely N-dealkylation sites (tertiary alicyclic amines) is 1. The Morgan fingerprint density at radius 1 is 1.20 bits per heavy atom. The van der Waals surface area contributed by atoms with Crippen LogP contribution in [0.25, 0.3) is 0 Å². The molecule has 1 spiro atoms. The van der Waals surface area contributed by atoms with E-state index in [2.05, 4.69) is 50.8 Å². The fourth-order valence-electron chi connectivity index (χ4n) is 4.12. The molecule has 0 saturated carbocycles. The molecule has 0 amide bonds. The van der Waals surface area contributed by atoms with Crippen molar-refractivity contribution in [2.75, 3.05) is 13.1 Å². The number of nitrogens with zero attached hydrogens (tertiary/aromatic N) is 1. The summed E-state index contributed by atoms with van der Waals surface area (Å²) in [5, 5.41) is 0. The molecule has 2 N–H and O–H groups in total. The molecule has 1 atom stereocenters. The first-order valence-corrected chi connectivity index (χ1v) is 7.92. The van der Waals surface area contributed by atoms with Gasteiger partial charge in [-0.3, -0.25) is 4.90 Å². The first-order chi connectivity index (χ1) is 9.32. The highest BCUT2D eigenvalue weighted by Gasteiger charge is 2.46. The Morgan fingerprint density at radius 3 is 2.45 bits per heavy atom. The van der Waals surface area contributed by atoms with E-state index in [9.17, 15) is 0 Å². The molecule has 0 bridgehead atoms. The minimum absolute atomic E-state index is 0.236. The molecule has 1 heterocycles. The number of fused-ring (bicyclic) bond motifs is 1. The van der Waals surface area contributed by atoms with Gasteiger partial charge in [0.05, 0.1) is 0 Å². The summed E-state index contributed by atoms with van der Waals surface area (Å²) in [6, 6.07) is 7.06. The quantitative estimate of drug-likeness (QED) is 0.784. The first-order valence-electron chi connectivity index (χ1n) is 7.92. The number of hydrogen-bond acceptors (Lipinski definition) is 2. The van der Waals surface area contributed by atoms with Crippen LogP contribution in [0.4, 0.5) is 0 Å². The third-order valence-corrected chi connectivity index (χ3v) is 5.54. The van der Waals surface area contributed by atoms with Crippen molar-refractivity contribution in [3.8, 4) is 0 Å². The predicted octanol–water partition coefficient (Wildman–Crippen LogP) is 3.43. The molecule has 1 aromatic carbocycles. The van der Waals surface area contributed by atoms with Crippen LogP contribution in [0.15, 0.2) is 18.2 Å². The molecule has 0 aromatic heterocycles. The Bertz CT molecular complexity index is 505. The monoisotopic (exact) mass is 272 g/mol. The van der Waals surface area contributed by atoms with Crippen LogP contribution in [0.5, 0.6) is 0 Å². The number of nitrogens with two attached hydrogens (primary N) is 1. The van der Waals surface area contributed by atoms with E-state index < -0.39 is 0 Å². The van der Waals surface area contributed by atoms with E-state index in [4.69, 9.17) is 5.73 Å². The van der Waals surface area contributed by atoms with Gasteiger partial charge in [0, 0.05) is 11.6 Å². The normalized spacial score (nSPS) is 25.9. The van der Waals surface area contributed by atoms with Gasteiger partial charge in [-0.05, 0) is 76.6 Å². The summed E-state index contributed by atoms with van der Waals surface area (Å²) in [5.74, 6) is 0. The van der Waals surface area contributed by atoms with Gasteiger partial charge in [-0.15, -0.1) is 0 Å². The third kappa shape index (κ3) is 2.19. The molecule has 3 rings (SSSR count). The summed E-state index contributed by atoms with van der Waals surface area (Å²) in [6.45, 7) is 11.5. The molecule has 1 aliphatic heterocycles. The van der Waals surface area contributed by atoms with Crippen molar-refractivity contribution in [2.24, 2.45) is 11.1 Å². The van der Waals surface area contributed by atoms with Crippen molar-refractivity contribution in [3.63, 3.8) is 0 Å². The number of piperidine rings is 1. The van der Waals surface area contributed by atoms with Crippen LogP contribution in [0.2, 0.25) is 0 Å². The van der Waals surface area contributed by atoms with Gasteiger partial charge in [-0.25, -0.2) is 0 Å². The number of benzene rings is 1. The zero-order valence-electron chi connectivity index (χ0n) is 13.4. The van der Waals surface area contributed by atoms with Crippen molar-refractivity contribution < 1.29 is 0 Å². The molecule has 1 fully saturated rings. The maximum Gasteiger partial charge on any atom is 0.0359 e. The van der Waals surface area contributed by atoms with Gasteiger partial charge >= 0.3 is 0 Å². The minimum atomic E-state index is 0.236. The Morgan fingerprint density at radius 2 is 1.85 bits per heavy atom. The van der Waals surface area contributed by atoms with Gasteiger partial charge < -0.3 is 5.73 Å². The van der Waals surface area contributed by atoms with E-state index in [0.717, 1.165) is 0 Å². The SMILES string of the molecule is Cc1ccc2c(c1)CC1(CCN(C(C)(C)C)CC1)[C@@H]2N. The molecule has 20 heavy (non-hydrogen) atoms. The summed E-state index contributed by atoms with van der Waals surface area (Å²) in [6.07, 6.45) is 3.65. The van der Waals surface area contributed by atoms with E-state index in [0.29, 0.717) is 5.41 Å². The minimum Gasteiger partial charge on any atom is -0.323 e. The van der Waals surface area contributed by atoms with Crippen LogP contribution in [-0.2, 0) is 6.42 Å². The smallest absolute Gasteiger partial charge is 0.0359 e. The number of rotatable bonds is 0. The molecule has 1 saturated heterocycles. The van der Waals surface area contributed by atoms with Gasteiger partial charge in [0.15, 0.2) is 0 Å². The summed E-state index contributed by atoms with van der Waals surface area (Å²) in [5.41, 5.74) is 11.5. The van der Waals surface area contributed by atoms with Crippen molar-refractivity contribution in [1.82, 2.24) is 4.90 Å². The molecule has 110 valence electrons. The molecular weight excluding hydrogens is 244 g/mol. The van der Waals surface area contributed by atoms with Crippen LogP contribution in [0.3, 0.4) is 0 Å².